The standard InChI is InChI=1S/C13H22N2O/c1-13(2)7-3-4-11(5-8-13)14-10-12-6-9-16-15-12/h6,9,11,14H,3-5,7-8,10H2,1-2H3. The van der Waals surface area contributed by atoms with Gasteiger partial charge < -0.3 is 9.84 Å². The Morgan fingerprint density at radius 2 is 2.31 bits per heavy atom. The Hall–Kier alpha value is -0.830. The first-order valence-electron chi connectivity index (χ1n) is 6.28. The number of nitrogens with zero attached hydrogens (tertiary/aromatic N) is 1. The van der Waals surface area contributed by atoms with Gasteiger partial charge >= 0.3 is 0 Å². The predicted molar refractivity (Wildman–Crippen MR) is 64.0 cm³/mol. The number of rotatable bonds is 3. The van der Waals surface area contributed by atoms with Gasteiger partial charge in [0.1, 0.15) is 6.26 Å². The van der Waals surface area contributed by atoms with Gasteiger partial charge in [-0.2, -0.15) is 0 Å². The van der Waals surface area contributed by atoms with Crippen LogP contribution in [0.25, 0.3) is 0 Å². The summed E-state index contributed by atoms with van der Waals surface area (Å²) < 4.78 is 4.82. The number of hydrogen-bond acceptors (Lipinski definition) is 3. The molecule has 1 saturated carbocycles. The minimum absolute atomic E-state index is 0.532. The summed E-state index contributed by atoms with van der Waals surface area (Å²) in [5, 5.41) is 7.49. The van der Waals surface area contributed by atoms with Gasteiger partial charge in [-0.15, -0.1) is 0 Å². The Bertz CT molecular complexity index is 306. The van der Waals surface area contributed by atoms with Crippen molar-refractivity contribution in [2.75, 3.05) is 0 Å². The van der Waals surface area contributed by atoms with E-state index in [2.05, 4.69) is 24.3 Å². The van der Waals surface area contributed by atoms with Crippen molar-refractivity contribution in [1.29, 1.82) is 0 Å². The van der Waals surface area contributed by atoms with Crippen LogP contribution in [0.2, 0.25) is 0 Å². The zero-order valence-corrected chi connectivity index (χ0v) is 10.3. The third-order valence-electron chi connectivity index (χ3n) is 3.64. The highest BCUT2D eigenvalue weighted by molar-refractivity contribution is 4.95. The highest BCUT2D eigenvalue weighted by atomic mass is 16.5. The molecule has 0 saturated heterocycles. The number of hydrogen-bond donors (Lipinski definition) is 1. The fraction of sp³-hybridized carbons (Fsp3) is 0.769. The van der Waals surface area contributed by atoms with Crippen LogP contribution >= 0.6 is 0 Å². The van der Waals surface area contributed by atoms with Gasteiger partial charge in [0.15, 0.2) is 0 Å². The Morgan fingerprint density at radius 1 is 1.44 bits per heavy atom. The van der Waals surface area contributed by atoms with Gasteiger partial charge in [-0.3, -0.25) is 0 Å². The molecule has 90 valence electrons. The smallest absolute Gasteiger partial charge is 0.124 e. The third-order valence-corrected chi connectivity index (χ3v) is 3.64. The molecule has 0 amide bonds. The van der Waals surface area contributed by atoms with E-state index in [-0.39, 0.29) is 0 Å². The average molecular weight is 222 g/mol. The zero-order valence-electron chi connectivity index (χ0n) is 10.3. The van der Waals surface area contributed by atoms with Crippen molar-refractivity contribution in [2.45, 2.75) is 58.5 Å². The van der Waals surface area contributed by atoms with E-state index in [1.165, 1.54) is 32.1 Å². The predicted octanol–water partition coefficient (Wildman–Crippen LogP) is 3.12. The summed E-state index contributed by atoms with van der Waals surface area (Å²) in [6.45, 7) is 5.60. The summed E-state index contributed by atoms with van der Waals surface area (Å²) in [4.78, 5) is 0. The van der Waals surface area contributed by atoms with Crippen LogP contribution in [-0.2, 0) is 6.54 Å². The topological polar surface area (TPSA) is 38.1 Å². The van der Waals surface area contributed by atoms with Crippen LogP contribution in [0, 0.1) is 5.41 Å². The lowest BCUT2D eigenvalue weighted by atomic mass is 9.85. The van der Waals surface area contributed by atoms with Crippen LogP contribution in [0.4, 0.5) is 0 Å². The largest absolute Gasteiger partial charge is 0.364 e. The van der Waals surface area contributed by atoms with E-state index >= 15 is 0 Å². The van der Waals surface area contributed by atoms with Gasteiger partial charge in [-0.25, -0.2) is 0 Å². The lowest BCUT2D eigenvalue weighted by Gasteiger charge is -2.22. The van der Waals surface area contributed by atoms with E-state index in [0.29, 0.717) is 11.5 Å². The van der Waals surface area contributed by atoms with E-state index in [0.717, 1.165) is 12.2 Å². The summed E-state index contributed by atoms with van der Waals surface area (Å²) >= 11 is 0. The first kappa shape index (κ1) is 11.6. The van der Waals surface area contributed by atoms with E-state index in [1.54, 1.807) is 6.26 Å². The SMILES string of the molecule is CC1(C)CCCC(NCc2ccon2)CC1. The molecule has 1 aliphatic carbocycles. The second-order valence-corrected chi connectivity index (χ2v) is 5.66. The minimum Gasteiger partial charge on any atom is -0.364 e. The number of nitrogens with one attached hydrogen (secondary N) is 1. The molecule has 3 heteroatoms. The summed E-state index contributed by atoms with van der Waals surface area (Å²) in [7, 11) is 0. The van der Waals surface area contributed by atoms with Gasteiger partial charge in [-0.05, 0) is 31.1 Å². The molecule has 3 nitrogen and oxygen atoms in total. The summed E-state index contributed by atoms with van der Waals surface area (Å²) in [5.41, 5.74) is 1.54. The molecule has 1 unspecified atom stereocenters. The molecule has 2 rings (SSSR count). The maximum atomic E-state index is 4.82. The van der Waals surface area contributed by atoms with Crippen molar-refractivity contribution in [3.05, 3.63) is 18.0 Å². The first-order chi connectivity index (χ1) is 7.66. The molecular formula is C13H22N2O. The van der Waals surface area contributed by atoms with Crippen LogP contribution in [0.5, 0.6) is 0 Å². The second-order valence-electron chi connectivity index (χ2n) is 5.66. The minimum atomic E-state index is 0.532. The zero-order chi connectivity index (χ0) is 11.4. The molecule has 16 heavy (non-hydrogen) atoms. The number of aromatic nitrogens is 1. The Morgan fingerprint density at radius 3 is 3.06 bits per heavy atom. The molecule has 1 atom stereocenters. The van der Waals surface area contributed by atoms with Crippen LogP contribution in [-0.4, -0.2) is 11.2 Å². The fourth-order valence-corrected chi connectivity index (χ4v) is 2.44. The molecule has 1 fully saturated rings. The van der Waals surface area contributed by atoms with Crippen molar-refractivity contribution in [1.82, 2.24) is 10.5 Å². The van der Waals surface area contributed by atoms with Crippen LogP contribution < -0.4 is 5.32 Å². The van der Waals surface area contributed by atoms with Crippen LogP contribution in [0.3, 0.4) is 0 Å². The second kappa shape index (κ2) is 5.00. The lowest BCUT2D eigenvalue weighted by molar-refractivity contribution is 0.309. The van der Waals surface area contributed by atoms with Crippen molar-refractivity contribution >= 4 is 0 Å². The van der Waals surface area contributed by atoms with Gasteiger partial charge in [-0.1, -0.05) is 25.4 Å². The summed E-state index contributed by atoms with van der Waals surface area (Å²) in [6.07, 6.45) is 8.22. The van der Waals surface area contributed by atoms with Crippen LogP contribution in [0.1, 0.15) is 51.6 Å². The fourth-order valence-electron chi connectivity index (χ4n) is 2.44. The molecule has 0 aliphatic heterocycles. The Kier molecular flexibility index (Phi) is 3.64. The maximum Gasteiger partial charge on any atom is 0.124 e. The molecule has 1 N–H and O–H groups in total. The molecule has 0 spiro atoms. The van der Waals surface area contributed by atoms with Gasteiger partial charge in [0, 0.05) is 18.7 Å². The highest BCUT2D eigenvalue weighted by Crippen LogP contribution is 2.33. The van der Waals surface area contributed by atoms with Gasteiger partial charge in [0.25, 0.3) is 0 Å². The molecule has 0 aromatic carbocycles. The van der Waals surface area contributed by atoms with Gasteiger partial charge in [0.05, 0.1) is 5.69 Å². The van der Waals surface area contributed by atoms with Crippen molar-refractivity contribution < 1.29 is 4.52 Å². The summed E-state index contributed by atoms with van der Waals surface area (Å²) in [5.74, 6) is 0. The highest BCUT2D eigenvalue weighted by Gasteiger charge is 2.23. The van der Waals surface area contributed by atoms with Crippen LogP contribution in [0.15, 0.2) is 16.9 Å². The van der Waals surface area contributed by atoms with Gasteiger partial charge in [0.2, 0.25) is 0 Å². The quantitative estimate of drug-likeness (QED) is 0.798. The molecule has 1 aromatic rings. The normalized spacial score (nSPS) is 25.2. The van der Waals surface area contributed by atoms with E-state index in [1.807, 2.05) is 6.07 Å². The molecule has 1 aromatic heterocycles. The molecular weight excluding hydrogens is 200 g/mol. The average Bonchev–Trinajstić information content (AvgIpc) is 2.68. The van der Waals surface area contributed by atoms with E-state index < -0.39 is 0 Å². The maximum absolute atomic E-state index is 4.82. The monoisotopic (exact) mass is 222 g/mol. The van der Waals surface area contributed by atoms with Crippen molar-refractivity contribution in [2.24, 2.45) is 5.41 Å². The molecule has 0 radical (unpaired) electrons. The molecule has 1 heterocycles. The summed E-state index contributed by atoms with van der Waals surface area (Å²) in [6, 6.07) is 2.58. The van der Waals surface area contributed by atoms with Crippen molar-refractivity contribution in [3.63, 3.8) is 0 Å². The Labute approximate surface area is 97.6 Å². The van der Waals surface area contributed by atoms with Crippen molar-refractivity contribution in [3.8, 4) is 0 Å². The molecule has 0 bridgehead atoms. The van der Waals surface area contributed by atoms with E-state index in [4.69, 9.17) is 4.52 Å². The third kappa shape index (κ3) is 3.34. The molecule has 1 aliphatic rings. The first-order valence-corrected chi connectivity index (χ1v) is 6.28. The lowest BCUT2D eigenvalue weighted by Crippen LogP contribution is -2.28. The van der Waals surface area contributed by atoms with E-state index in [9.17, 15) is 0 Å². The Balaban J connectivity index is 1.78.